The molecule has 0 amide bonds. The number of carbonyl (C=O) groups is 1. The van der Waals surface area contributed by atoms with Crippen molar-refractivity contribution in [2.24, 2.45) is 0 Å². The van der Waals surface area contributed by atoms with Gasteiger partial charge in [-0.1, -0.05) is 36.4 Å². The number of hydrogen-bond acceptors (Lipinski definition) is 3. The molecule has 0 aliphatic carbocycles. The number of carboxylic acid groups (broad SMARTS) is 1. The fraction of sp³-hybridized carbons (Fsp3) is 0.118. The quantitative estimate of drug-likeness (QED) is 0.856. The topological polar surface area (TPSA) is 55.8 Å². The van der Waals surface area contributed by atoms with Crippen molar-refractivity contribution in [2.75, 3.05) is 14.2 Å². The number of benzene rings is 2. The summed E-state index contributed by atoms with van der Waals surface area (Å²) in [4.78, 5) is 11.1. The zero-order valence-corrected chi connectivity index (χ0v) is 11.9. The summed E-state index contributed by atoms with van der Waals surface area (Å²) in [6, 6.07) is 14.7. The fourth-order valence-corrected chi connectivity index (χ4v) is 2.08. The smallest absolute Gasteiger partial charge is 0.328 e. The Kier molecular flexibility index (Phi) is 4.61. The lowest BCUT2D eigenvalue weighted by molar-refractivity contribution is -0.131. The standard InChI is InChI=1S/C17H16O4/c1-20-15-9-8-13(10-16(15)21-2)14(11-17(18)19)12-6-4-3-5-7-12/h3-11H,1-2H3,(H,18,19). The van der Waals surface area contributed by atoms with Gasteiger partial charge in [-0.2, -0.15) is 0 Å². The van der Waals surface area contributed by atoms with Gasteiger partial charge in [0, 0.05) is 6.08 Å². The molecule has 1 N–H and O–H groups in total. The number of carboxylic acids is 1. The van der Waals surface area contributed by atoms with E-state index in [1.165, 1.54) is 6.08 Å². The second kappa shape index (κ2) is 6.61. The third-order valence-electron chi connectivity index (χ3n) is 3.05. The lowest BCUT2D eigenvalue weighted by Gasteiger charge is -2.12. The minimum absolute atomic E-state index is 0.558. The summed E-state index contributed by atoms with van der Waals surface area (Å²) in [6.07, 6.45) is 1.19. The molecular formula is C17H16O4. The largest absolute Gasteiger partial charge is 0.493 e. The van der Waals surface area contributed by atoms with Gasteiger partial charge in [0.25, 0.3) is 0 Å². The minimum atomic E-state index is -0.997. The van der Waals surface area contributed by atoms with Gasteiger partial charge in [0.1, 0.15) is 0 Å². The first-order valence-corrected chi connectivity index (χ1v) is 6.38. The van der Waals surface area contributed by atoms with Crippen LogP contribution in [0.1, 0.15) is 11.1 Å². The SMILES string of the molecule is COc1ccc(C(=CC(=O)O)c2ccccc2)cc1OC. The summed E-state index contributed by atoms with van der Waals surface area (Å²) in [5.74, 6) is 0.162. The van der Waals surface area contributed by atoms with E-state index in [0.29, 0.717) is 17.1 Å². The van der Waals surface area contributed by atoms with Crippen LogP contribution in [0.15, 0.2) is 54.6 Å². The molecule has 108 valence electrons. The molecule has 2 aromatic rings. The van der Waals surface area contributed by atoms with Crippen molar-refractivity contribution < 1.29 is 19.4 Å². The second-order valence-corrected chi connectivity index (χ2v) is 4.33. The molecule has 0 bridgehead atoms. The van der Waals surface area contributed by atoms with E-state index < -0.39 is 5.97 Å². The average Bonchev–Trinajstić information content (AvgIpc) is 2.52. The molecule has 0 aliphatic heterocycles. The Morgan fingerprint density at radius 2 is 1.62 bits per heavy atom. The zero-order chi connectivity index (χ0) is 15.2. The summed E-state index contributed by atoms with van der Waals surface area (Å²) >= 11 is 0. The molecule has 0 spiro atoms. The van der Waals surface area contributed by atoms with Crippen LogP contribution in [0, 0.1) is 0 Å². The number of aliphatic carboxylic acids is 1. The Balaban J connectivity index is 2.55. The molecule has 21 heavy (non-hydrogen) atoms. The van der Waals surface area contributed by atoms with Crippen LogP contribution in [-0.2, 0) is 4.79 Å². The van der Waals surface area contributed by atoms with Gasteiger partial charge >= 0.3 is 5.97 Å². The van der Waals surface area contributed by atoms with Gasteiger partial charge in [0.05, 0.1) is 14.2 Å². The summed E-state index contributed by atoms with van der Waals surface area (Å²) in [5.41, 5.74) is 2.19. The molecule has 4 heteroatoms. The maximum absolute atomic E-state index is 11.1. The highest BCUT2D eigenvalue weighted by atomic mass is 16.5. The van der Waals surface area contributed by atoms with E-state index in [-0.39, 0.29) is 0 Å². The van der Waals surface area contributed by atoms with Crippen molar-refractivity contribution in [2.45, 2.75) is 0 Å². The molecule has 2 rings (SSSR count). The van der Waals surface area contributed by atoms with E-state index in [1.54, 1.807) is 26.4 Å². The van der Waals surface area contributed by atoms with Gasteiger partial charge in [-0.3, -0.25) is 0 Å². The highest BCUT2D eigenvalue weighted by molar-refractivity contribution is 5.95. The molecule has 0 saturated heterocycles. The van der Waals surface area contributed by atoms with E-state index in [1.807, 2.05) is 36.4 Å². The van der Waals surface area contributed by atoms with Crippen molar-refractivity contribution in [3.8, 4) is 11.5 Å². The van der Waals surface area contributed by atoms with Crippen LogP contribution in [0.3, 0.4) is 0 Å². The summed E-state index contributed by atoms with van der Waals surface area (Å²) in [6.45, 7) is 0. The molecular weight excluding hydrogens is 268 g/mol. The van der Waals surface area contributed by atoms with Gasteiger partial charge in [-0.15, -0.1) is 0 Å². The van der Waals surface area contributed by atoms with Crippen molar-refractivity contribution in [3.05, 3.63) is 65.7 Å². The van der Waals surface area contributed by atoms with Gasteiger partial charge in [0.2, 0.25) is 0 Å². The lowest BCUT2D eigenvalue weighted by Crippen LogP contribution is -1.96. The summed E-state index contributed by atoms with van der Waals surface area (Å²) < 4.78 is 10.5. The maximum Gasteiger partial charge on any atom is 0.328 e. The van der Waals surface area contributed by atoms with E-state index >= 15 is 0 Å². The fourth-order valence-electron chi connectivity index (χ4n) is 2.08. The molecule has 0 unspecified atom stereocenters. The Labute approximate surface area is 123 Å². The van der Waals surface area contributed by atoms with Crippen LogP contribution in [0.2, 0.25) is 0 Å². The monoisotopic (exact) mass is 284 g/mol. The Hall–Kier alpha value is -2.75. The molecule has 0 saturated carbocycles. The van der Waals surface area contributed by atoms with E-state index in [2.05, 4.69) is 0 Å². The first kappa shape index (κ1) is 14.7. The first-order chi connectivity index (χ1) is 10.2. The molecule has 0 aromatic heterocycles. The van der Waals surface area contributed by atoms with Crippen LogP contribution >= 0.6 is 0 Å². The van der Waals surface area contributed by atoms with Crippen molar-refractivity contribution in [1.82, 2.24) is 0 Å². The van der Waals surface area contributed by atoms with Gasteiger partial charge in [0.15, 0.2) is 11.5 Å². The molecule has 0 heterocycles. The average molecular weight is 284 g/mol. The van der Waals surface area contributed by atoms with E-state index in [4.69, 9.17) is 14.6 Å². The Bertz CT molecular complexity index is 660. The van der Waals surface area contributed by atoms with E-state index in [0.717, 1.165) is 11.1 Å². The van der Waals surface area contributed by atoms with Crippen LogP contribution in [0.5, 0.6) is 11.5 Å². The molecule has 0 radical (unpaired) electrons. The summed E-state index contributed by atoms with van der Waals surface area (Å²) in [7, 11) is 3.10. The minimum Gasteiger partial charge on any atom is -0.493 e. The normalized spacial score (nSPS) is 11.0. The number of ether oxygens (including phenoxy) is 2. The van der Waals surface area contributed by atoms with Crippen molar-refractivity contribution in [3.63, 3.8) is 0 Å². The van der Waals surface area contributed by atoms with Gasteiger partial charge < -0.3 is 14.6 Å². The van der Waals surface area contributed by atoms with Crippen LogP contribution < -0.4 is 9.47 Å². The molecule has 0 atom stereocenters. The Morgan fingerprint density at radius 1 is 0.952 bits per heavy atom. The third kappa shape index (κ3) is 3.42. The maximum atomic E-state index is 11.1. The first-order valence-electron chi connectivity index (χ1n) is 6.38. The number of rotatable bonds is 5. The van der Waals surface area contributed by atoms with Gasteiger partial charge in [-0.25, -0.2) is 4.79 Å². The van der Waals surface area contributed by atoms with Gasteiger partial charge in [-0.05, 0) is 28.8 Å². The zero-order valence-electron chi connectivity index (χ0n) is 11.9. The number of methoxy groups -OCH3 is 2. The molecule has 0 aliphatic rings. The Morgan fingerprint density at radius 3 is 2.19 bits per heavy atom. The molecule has 2 aromatic carbocycles. The van der Waals surface area contributed by atoms with Crippen LogP contribution in [-0.4, -0.2) is 25.3 Å². The summed E-state index contributed by atoms with van der Waals surface area (Å²) in [5, 5.41) is 9.10. The van der Waals surface area contributed by atoms with E-state index in [9.17, 15) is 4.79 Å². The van der Waals surface area contributed by atoms with Crippen LogP contribution in [0.25, 0.3) is 5.57 Å². The lowest BCUT2D eigenvalue weighted by atomic mass is 9.97. The second-order valence-electron chi connectivity index (χ2n) is 4.33. The van der Waals surface area contributed by atoms with Crippen molar-refractivity contribution >= 4 is 11.5 Å². The third-order valence-corrected chi connectivity index (χ3v) is 3.05. The predicted octanol–water partition coefficient (Wildman–Crippen LogP) is 3.22. The highest BCUT2D eigenvalue weighted by Crippen LogP contribution is 2.32. The molecule has 0 fully saturated rings. The van der Waals surface area contributed by atoms with Crippen LogP contribution in [0.4, 0.5) is 0 Å². The predicted molar refractivity (Wildman–Crippen MR) is 80.7 cm³/mol. The molecule has 4 nitrogen and oxygen atoms in total. The highest BCUT2D eigenvalue weighted by Gasteiger charge is 2.11. The number of hydrogen-bond donors (Lipinski definition) is 1. The van der Waals surface area contributed by atoms with Crippen molar-refractivity contribution in [1.29, 1.82) is 0 Å².